The number of hydrogen-bond acceptors (Lipinski definition) is 6. The monoisotopic (exact) mass is 519 g/mol. The van der Waals surface area contributed by atoms with Gasteiger partial charge in [0.1, 0.15) is 22.3 Å². The molecule has 192 valence electrons. The van der Waals surface area contributed by atoms with Crippen LogP contribution in [0.25, 0.3) is 10.9 Å². The number of ether oxygens (including phenoxy) is 1. The van der Waals surface area contributed by atoms with Crippen LogP contribution in [-0.2, 0) is 14.6 Å². The van der Waals surface area contributed by atoms with Crippen LogP contribution in [0.15, 0.2) is 52.4 Å². The molecular formula is C26H28F3N3O3S. The Morgan fingerprint density at radius 2 is 1.69 bits per heavy atom. The standard InChI is InChI=1S/C26H28F3N3O3S/c27-18-4-5-24-23(16-18)26(25(17-30-24)36(33,34)22-14-19(28)13-20(29)15-22)32-7-2-1-3-21(32)6-8-31-9-11-35-12-10-31/h4-5,13-17,21H,1-3,6-12H2/t21-/m0/s1. The van der Waals surface area contributed by atoms with E-state index in [2.05, 4.69) is 9.88 Å². The zero-order chi connectivity index (χ0) is 25.3. The number of fused-ring (bicyclic) bond motifs is 1. The Morgan fingerprint density at radius 1 is 0.944 bits per heavy atom. The fourth-order valence-corrected chi connectivity index (χ4v) is 6.65. The summed E-state index contributed by atoms with van der Waals surface area (Å²) in [4.78, 5) is 7.97. The predicted molar refractivity (Wildman–Crippen MR) is 130 cm³/mol. The number of aromatic nitrogens is 1. The summed E-state index contributed by atoms with van der Waals surface area (Å²) in [7, 11) is -4.36. The number of rotatable bonds is 6. The molecule has 2 aliphatic rings. The summed E-state index contributed by atoms with van der Waals surface area (Å²) in [6.07, 6.45) is 4.73. The smallest absolute Gasteiger partial charge is 0.210 e. The largest absolute Gasteiger partial charge is 0.379 e. The second-order valence-electron chi connectivity index (χ2n) is 9.33. The molecule has 1 atom stereocenters. The fraction of sp³-hybridized carbons (Fsp3) is 0.423. The van der Waals surface area contributed by atoms with Crippen LogP contribution >= 0.6 is 0 Å². The minimum Gasteiger partial charge on any atom is -0.379 e. The van der Waals surface area contributed by atoms with Crippen molar-refractivity contribution in [2.75, 3.05) is 44.3 Å². The molecule has 2 aromatic carbocycles. The highest BCUT2D eigenvalue weighted by atomic mass is 32.2. The van der Waals surface area contributed by atoms with E-state index < -0.39 is 32.2 Å². The predicted octanol–water partition coefficient (Wildman–Crippen LogP) is 4.57. The van der Waals surface area contributed by atoms with Gasteiger partial charge in [0, 0.05) is 49.9 Å². The van der Waals surface area contributed by atoms with E-state index in [9.17, 15) is 21.6 Å². The lowest BCUT2D eigenvalue weighted by molar-refractivity contribution is 0.0362. The summed E-state index contributed by atoms with van der Waals surface area (Å²) >= 11 is 0. The summed E-state index contributed by atoms with van der Waals surface area (Å²) in [5.41, 5.74) is 0.795. The first-order chi connectivity index (χ1) is 17.3. The zero-order valence-electron chi connectivity index (χ0n) is 19.8. The highest BCUT2D eigenvalue weighted by Gasteiger charge is 2.32. The van der Waals surface area contributed by atoms with Crippen molar-refractivity contribution in [3.05, 3.63) is 60.0 Å². The van der Waals surface area contributed by atoms with Crippen molar-refractivity contribution >= 4 is 26.4 Å². The van der Waals surface area contributed by atoms with Gasteiger partial charge in [0.25, 0.3) is 0 Å². The van der Waals surface area contributed by atoms with Crippen LogP contribution < -0.4 is 4.90 Å². The summed E-state index contributed by atoms with van der Waals surface area (Å²) in [6, 6.07) is 6.32. The van der Waals surface area contributed by atoms with Crippen molar-refractivity contribution in [1.29, 1.82) is 0 Å². The number of halogens is 3. The maximum atomic E-state index is 14.4. The van der Waals surface area contributed by atoms with Crippen molar-refractivity contribution in [2.45, 2.75) is 41.5 Å². The van der Waals surface area contributed by atoms with Gasteiger partial charge >= 0.3 is 0 Å². The number of hydrogen-bond donors (Lipinski definition) is 0. The number of nitrogens with zero attached hydrogens (tertiary/aromatic N) is 3. The third-order valence-electron chi connectivity index (χ3n) is 7.00. The molecule has 0 bridgehead atoms. The van der Waals surface area contributed by atoms with Gasteiger partial charge in [0.15, 0.2) is 0 Å². The molecule has 5 rings (SSSR count). The second kappa shape index (κ2) is 10.4. The van der Waals surface area contributed by atoms with Gasteiger partial charge in [-0.3, -0.25) is 9.88 Å². The Bertz CT molecular complexity index is 1340. The number of piperidine rings is 1. The minimum absolute atomic E-state index is 0.0219. The summed E-state index contributed by atoms with van der Waals surface area (Å²) < 4.78 is 75.3. The van der Waals surface area contributed by atoms with E-state index in [0.717, 1.165) is 57.5 Å². The average Bonchev–Trinajstić information content (AvgIpc) is 2.87. The summed E-state index contributed by atoms with van der Waals surface area (Å²) in [6.45, 7) is 4.49. The molecule has 0 unspecified atom stereocenters. The zero-order valence-corrected chi connectivity index (χ0v) is 20.6. The summed E-state index contributed by atoms with van der Waals surface area (Å²) in [5, 5.41) is 0.367. The van der Waals surface area contributed by atoms with Crippen molar-refractivity contribution in [2.24, 2.45) is 0 Å². The highest BCUT2D eigenvalue weighted by Crippen LogP contribution is 2.39. The molecule has 2 aliphatic heterocycles. The Kier molecular flexibility index (Phi) is 7.18. The first kappa shape index (κ1) is 25.0. The van der Waals surface area contributed by atoms with Gasteiger partial charge in [-0.15, -0.1) is 0 Å². The molecule has 1 aromatic heterocycles. The first-order valence-electron chi connectivity index (χ1n) is 12.2. The van der Waals surface area contributed by atoms with Crippen LogP contribution in [0.4, 0.5) is 18.9 Å². The molecule has 10 heteroatoms. The quantitative estimate of drug-likeness (QED) is 0.476. The maximum absolute atomic E-state index is 14.4. The van der Waals surface area contributed by atoms with Crippen molar-refractivity contribution in [3.63, 3.8) is 0 Å². The lowest BCUT2D eigenvalue weighted by Gasteiger charge is -2.40. The molecule has 0 radical (unpaired) electrons. The molecule has 6 nitrogen and oxygen atoms in total. The minimum atomic E-state index is -4.36. The average molecular weight is 520 g/mol. The molecule has 2 fully saturated rings. The topological polar surface area (TPSA) is 62.7 Å². The number of anilines is 1. The van der Waals surface area contributed by atoms with Gasteiger partial charge in [0.2, 0.25) is 9.84 Å². The van der Waals surface area contributed by atoms with E-state index in [4.69, 9.17) is 4.74 Å². The fourth-order valence-electron chi connectivity index (χ4n) is 5.19. The maximum Gasteiger partial charge on any atom is 0.210 e. The van der Waals surface area contributed by atoms with E-state index in [1.807, 2.05) is 4.90 Å². The van der Waals surface area contributed by atoms with E-state index in [-0.39, 0.29) is 10.9 Å². The van der Waals surface area contributed by atoms with Crippen molar-refractivity contribution in [1.82, 2.24) is 9.88 Å². The van der Waals surface area contributed by atoms with Crippen molar-refractivity contribution in [3.8, 4) is 0 Å². The van der Waals surface area contributed by atoms with Gasteiger partial charge in [-0.25, -0.2) is 21.6 Å². The van der Waals surface area contributed by atoms with Gasteiger partial charge in [-0.05, 0) is 56.0 Å². The van der Waals surface area contributed by atoms with Crippen LogP contribution in [-0.4, -0.2) is 63.7 Å². The SMILES string of the molecule is O=S(=O)(c1cc(F)cc(F)c1)c1cnc2ccc(F)cc2c1N1CCCC[C@H]1CCN1CCOCC1. The lowest BCUT2D eigenvalue weighted by Crippen LogP contribution is -2.44. The molecule has 0 aliphatic carbocycles. The van der Waals surface area contributed by atoms with Gasteiger partial charge in [-0.1, -0.05) is 0 Å². The molecule has 3 aromatic rings. The molecule has 36 heavy (non-hydrogen) atoms. The first-order valence-corrected chi connectivity index (χ1v) is 13.7. The third-order valence-corrected chi connectivity index (χ3v) is 8.73. The van der Waals surface area contributed by atoms with E-state index in [0.29, 0.717) is 42.4 Å². The molecule has 3 heterocycles. The molecule has 0 N–H and O–H groups in total. The molecule has 0 spiro atoms. The molecule has 0 amide bonds. The number of sulfone groups is 1. The van der Waals surface area contributed by atoms with Gasteiger partial charge < -0.3 is 9.64 Å². The normalized spacial score (nSPS) is 19.6. The van der Waals surface area contributed by atoms with Crippen LogP contribution in [0, 0.1) is 17.5 Å². The Labute approximate surface area is 208 Å². The van der Waals surface area contributed by atoms with Gasteiger partial charge in [-0.2, -0.15) is 0 Å². The number of benzene rings is 2. The number of morpholine rings is 1. The van der Waals surface area contributed by atoms with Crippen molar-refractivity contribution < 1.29 is 26.3 Å². The molecule has 0 saturated carbocycles. The third kappa shape index (κ3) is 5.07. The van der Waals surface area contributed by atoms with Crippen LogP contribution in [0.1, 0.15) is 25.7 Å². The van der Waals surface area contributed by atoms with Gasteiger partial charge in [0.05, 0.1) is 29.3 Å². The highest BCUT2D eigenvalue weighted by molar-refractivity contribution is 7.91. The van der Waals surface area contributed by atoms with E-state index in [1.165, 1.54) is 24.4 Å². The lowest BCUT2D eigenvalue weighted by atomic mass is 9.97. The summed E-state index contributed by atoms with van der Waals surface area (Å²) in [5.74, 6) is -2.49. The van der Waals surface area contributed by atoms with E-state index >= 15 is 0 Å². The van der Waals surface area contributed by atoms with Crippen LogP contribution in [0.2, 0.25) is 0 Å². The Morgan fingerprint density at radius 3 is 2.44 bits per heavy atom. The second-order valence-corrected chi connectivity index (χ2v) is 11.2. The Hall–Kier alpha value is -2.69. The number of pyridine rings is 1. The molecule has 2 saturated heterocycles. The Balaban J connectivity index is 1.61. The van der Waals surface area contributed by atoms with Crippen LogP contribution in [0.3, 0.4) is 0 Å². The van der Waals surface area contributed by atoms with E-state index in [1.54, 1.807) is 0 Å². The van der Waals surface area contributed by atoms with Crippen LogP contribution in [0.5, 0.6) is 0 Å². The molecular weight excluding hydrogens is 491 g/mol.